The maximum Gasteiger partial charge on any atom is 0.0661 e. The molecule has 0 spiro atoms. The van der Waals surface area contributed by atoms with Crippen LogP contribution in [0.5, 0.6) is 0 Å². The lowest BCUT2D eigenvalue weighted by atomic mass is 9.71. The molecule has 0 aromatic rings. The van der Waals surface area contributed by atoms with Crippen molar-refractivity contribution in [3.63, 3.8) is 0 Å². The highest BCUT2D eigenvalue weighted by atomic mass is 14.6. The van der Waals surface area contributed by atoms with Gasteiger partial charge in [0.1, 0.15) is 0 Å². The van der Waals surface area contributed by atoms with Gasteiger partial charge < -0.3 is 0 Å². The fraction of sp³-hybridized carbons (Fsp3) is 0.917. The average molecular weight is 175 g/mol. The minimum atomic E-state index is 0.407. The number of nitriles is 1. The Kier molecular flexibility index (Phi) is 1.51. The Morgan fingerprint density at radius 3 is 2.46 bits per heavy atom. The van der Waals surface area contributed by atoms with Gasteiger partial charge in [-0.15, -0.1) is 0 Å². The van der Waals surface area contributed by atoms with E-state index in [-0.39, 0.29) is 0 Å². The van der Waals surface area contributed by atoms with Crippen molar-refractivity contribution in [2.24, 2.45) is 35.5 Å². The van der Waals surface area contributed by atoms with Crippen molar-refractivity contribution in [2.45, 2.75) is 32.6 Å². The van der Waals surface area contributed by atoms with E-state index in [0.717, 1.165) is 23.7 Å². The summed E-state index contributed by atoms with van der Waals surface area (Å²) in [6, 6.07) is 2.56. The van der Waals surface area contributed by atoms with Crippen molar-refractivity contribution in [2.75, 3.05) is 0 Å². The van der Waals surface area contributed by atoms with Crippen molar-refractivity contribution < 1.29 is 0 Å². The van der Waals surface area contributed by atoms with Crippen molar-refractivity contribution >= 4 is 0 Å². The maximum absolute atomic E-state index is 9.13. The first kappa shape index (κ1) is 7.85. The van der Waals surface area contributed by atoms with Gasteiger partial charge in [-0.25, -0.2) is 0 Å². The highest BCUT2D eigenvalue weighted by Gasteiger charge is 2.57. The molecule has 1 nitrogen and oxygen atoms in total. The Bertz CT molecular complexity index is 265. The van der Waals surface area contributed by atoms with Crippen molar-refractivity contribution in [3.8, 4) is 6.07 Å². The van der Waals surface area contributed by atoms with Crippen LogP contribution in [0.25, 0.3) is 0 Å². The number of nitrogens with zero attached hydrogens (tertiary/aromatic N) is 1. The van der Waals surface area contributed by atoms with Gasteiger partial charge in [0.25, 0.3) is 0 Å². The van der Waals surface area contributed by atoms with Gasteiger partial charge in [0.2, 0.25) is 0 Å². The zero-order valence-corrected chi connectivity index (χ0v) is 8.24. The Morgan fingerprint density at radius 2 is 1.77 bits per heavy atom. The number of hydrogen-bond acceptors (Lipinski definition) is 1. The Hall–Kier alpha value is -0.510. The zero-order valence-electron chi connectivity index (χ0n) is 8.24. The number of hydrogen-bond donors (Lipinski definition) is 0. The van der Waals surface area contributed by atoms with Crippen LogP contribution < -0.4 is 0 Å². The summed E-state index contributed by atoms with van der Waals surface area (Å²) in [4.78, 5) is 0. The van der Waals surface area contributed by atoms with E-state index in [1.165, 1.54) is 25.7 Å². The van der Waals surface area contributed by atoms with Crippen molar-refractivity contribution in [3.05, 3.63) is 0 Å². The molecule has 13 heavy (non-hydrogen) atoms. The molecule has 0 aromatic carbocycles. The monoisotopic (exact) mass is 175 g/mol. The molecule has 0 heterocycles. The van der Waals surface area contributed by atoms with E-state index < -0.39 is 0 Å². The van der Waals surface area contributed by atoms with Crippen LogP contribution >= 0.6 is 0 Å². The van der Waals surface area contributed by atoms with Crippen molar-refractivity contribution in [1.29, 1.82) is 5.26 Å². The molecule has 0 radical (unpaired) electrons. The second kappa shape index (κ2) is 2.50. The van der Waals surface area contributed by atoms with Crippen LogP contribution in [0.3, 0.4) is 0 Å². The van der Waals surface area contributed by atoms with Crippen LogP contribution in [0.4, 0.5) is 0 Å². The molecule has 3 aliphatic carbocycles. The summed E-state index contributed by atoms with van der Waals surface area (Å²) in [5.41, 5.74) is 0. The van der Waals surface area contributed by atoms with Gasteiger partial charge in [0.05, 0.1) is 12.0 Å². The Morgan fingerprint density at radius 1 is 1.08 bits per heavy atom. The molecule has 2 bridgehead atoms. The third kappa shape index (κ3) is 0.822. The summed E-state index contributed by atoms with van der Waals surface area (Å²) in [5, 5.41) is 9.13. The van der Waals surface area contributed by atoms with Gasteiger partial charge in [-0.05, 0) is 48.9 Å². The largest absolute Gasteiger partial charge is 0.198 e. The molecule has 70 valence electrons. The Labute approximate surface area is 80.1 Å². The second-order valence-electron chi connectivity index (χ2n) is 5.34. The summed E-state index contributed by atoms with van der Waals surface area (Å²) in [6.45, 7) is 2.31. The van der Waals surface area contributed by atoms with Crippen LogP contribution in [0, 0.1) is 46.8 Å². The summed E-state index contributed by atoms with van der Waals surface area (Å²) >= 11 is 0. The van der Waals surface area contributed by atoms with Gasteiger partial charge in [0, 0.05) is 0 Å². The maximum atomic E-state index is 9.13. The zero-order chi connectivity index (χ0) is 9.00. The fourth-order valence-corrected chi connectivity index (χ4v) is 4.63. The smallest absolute Gasteiger partial charge is 0.0661 e. The molecular weight excluding hydrogens is 158 g/mol. The minimum Gasteiger partial charge on any atom is -0.198 e. The van der Waals surface area contributed by atoms with Gasteiger partial charge >= 0.3 is 0 Å². The molecule has 0 aliphatic heterocycles. The SMILES string of the molecule is CC1C(C#N)C2CC1C1CCCC21. The van der Waals surface area contributed by atoms with Gasteiger partial charge in [0.15, 0.2) is 0 Å². The molecule has 3 aliphatic rings. The van der Waals surface area contributed by atoms with E-state index in [1.54, 1.807) is 0 Å². The van der Waals surface area contributed by atoms with Crippen LogP contribution in [-0.2, 0) is 0 Å². The predicted octanol–water partition coefficient (Wildman–Crippen LogP) is 2.83. The summed E-state index contributed by atoms with van der Waals surface area (Å²) in [7, 11) is 0. The molecule has 0 saturated heterocycles. The highest BCUT2D eigenvalue weighted by Crippen LogP contribution is 2.62. The molecule has 0 amide bonds. The molecule has 3 saturated carbocycles. The third-order valence-electron chi connectivity index (χ3n) is 5.12. The standard InChI is InChI=1S/C12H17N/c1-7-10-5-11(12(7)6-13)9-4-2-3-8(9)10/h7-12H,2-5H2,1H3. The number of rotatable bonds is 0. The van der Waals surface area contributed by atoms with E-state index >= 15 is 0 Å². The first-order chi connectivity index (χ1) is 6.33. The molecule has 3 fully saturated rings. The highest BCUT2D eigenvalue weighted by molar-refractivity contribution is 5.11. The van der Waals surface area contributed by atoms with Crippen LogP contribution in [0.2, 0.25) is 0 Å². The first-order valence-corrected chi connectivity index (χ1v) is 5.72. The molecular formula is C12H17N. The normalized spacial score (nSPS) is 57.8. The summed E-state index contributed by atoms with van der Waals surface area (Å²) in [5.74, 6) is 4.79. The van der Waals surface area contributed by atoms with Crippen molar-refractivity contribution in [1.82, 2.24) is 0 Å². The molecule has 0 N–H and O–H groups in total. The quantitative estimate of drug-likeness (QED) is 0.555. The van der Waals surface area contributed by atoms with E-state index in [1.807, 2.05) is 0 Å². The van der Waals surface area contributed by atoms with Crippen LogP contribution in [-0.4, -0.2) is 0 Å². The molecule has 3 rings (SSSR count). The van der Waals surface area contributed by atoms with E-state index in [0.29, 0.717) is 11.8 Å². The van der Waals surface area contributed by atoms with Gasteiger partial charge in [-0.2, -0.15) is 5.26 Å². The first-order valence-electron chi connectivity index (χ1n) is 5.72. The Balaban J connectivity index is 1.93. The molecule has 6 atom stereocenters. The van der Waals surface area contributed by atoms with E-state index in [2.05, 4.69) is 13.0 Å². The molecule has 1 heteroatoms. The second-order valence-corrected chi connectivity index (χ2v) is 5.34. The van der Waals surface area contributed by atoms with Crippen LogP contribution in [0.1, 0.15) is 32.6 Å². The summed E-state index contributed by atoms with van der Waals surface area (Å²) < 4.78 is 0. The lowest BCUT2D eigenvalue weighted by molar-refractivity contribution is 0.161. The summed E-state index contributed by atoms with van der Waals surface area (Å²) in [6.07, 6.45) is 5.72. The average Bonchev–Trinajstić information content (AvgIpc) is 2.71. The van der Waals surface area contributed by atoms with Gasteiger partial charge in [-0.1, -0.05) is 13.3 Å². The molecule has 0 aromatic heterocycles. The van der Waals surface area contributed by atoms with E-state index in [9.17, 15) is 0 Å². The number of fused-ring (bicyclic) bond motifs is 5. The van der Waals surface area contributed by atoms with Crippen LogP contribution in [0.15, 0.2) is 0 Å². The predicted molar refractivity (Wildman–Crippen MR) is 50.7 cm³/mol. The van der Waals surface area contributed by atoms with Gasteiger partial charge in [-0.3, -0.25) is 0 Å². The lowest BCUT2D eigenvalue weighted by Crippen LogP contribution is -2.29. The molecule has 6 unspecified atom stereocenters. The fourth-order valence-electron chi connectivity index (χ4n) is 4.63. The topological polar surface area (TPSA) is 23.8 Å². The minimum absolute atomic E-state index is 0.407. The lowest BCUT2D eigenvalue weighted by Gasteiger charge is -2.32. The van der Waals surface area contributed by atoms with E-state index in [4.69, 9.17) is 5.26 Å². The third-order valence-corrected chi connectivity index (χ3v) is 5.12.